The maximum atomic E-state index is 11.4. The Kier molecular flexibility index (Phi) is 5.88. The number of anilines is 2. The predicted molar refractivity (Wildman–Crippen MR) is 115 cm³/mol. The van der Waals surface area contributed by atoms with Crippen molar-refractivity contribution in [2.75, 3.05) is 17.7 Å². The highest BCUT2D eigenvalue weighted by Crippen LogP contribution is 2.34. The third-order valence-corrected chi connectivity index (χ3v) is 7.11. The van der Waals surface area contributed by atoms with Crippen molar-refractivity contribution in [3.8, 4) is 0 Å². The first-order chi connectivity index (χ1) is 14.6. The highest BCUT2D eigenvalue weighted by molar-refractivity contribution is 7.83. The average Bonchev–Trinajstić information content (AvgIpc) is 3.23. The van der Waals surface area contributed by atoms with Crippen molar-refractivity contribution >= 4 is 21.9 Å². The number of nitrogens with zero attached hydrogens (tertiary/aromatic N) is 3. The van der Waals surface area contributed by atoms with Crippen molar-refractivity contribution < 1.29 is 23.2 Å². The Bertz CT molecular complexity index is 1070. The van der Waals surface area contributed by atoms with Crippen LogP contribution in [0.25, 0.3) is 0 Å². The number of likely N-dealkylation sites (N-methyl/N-ethyl adjacent to an activating group) is 1. The minimum Gasteiger partial charge on any atom is -0.389 e. The molecule has 4 rings (SSSR count). The zero-order chi connectivity index (χ0) is 22.3. The molecule has 5 atom stereocenters. The molecule has 0 saturated heterocycles. The lowest BCUT2D eigenvalue weighted by molar-refractivity contribution is 0.0154. The van der Waals surface area contributed by atoms with Gasteiger partial charge in [-0.2, -0.15) is 12.7 Å². The van der Waals surface area contributed by atoms with Crippen LogP contribution >= 0.6 is 0 Å². The summed E-state index contributed by atoms with van der Waals surface area (Å²) in [6.45, 7) is 1.76. The van der Waals surface area contributed by atoms with Crippen molar-refractivity contribution in [1.29, 1.82) is 0 Å². The maximum Gasteiger partial charge on any atom is 0.335 e. The van der Waals surface area contributed by atoms with Gasteiger partial charge >= 0.3 is 10.3 Å². The molecule has 10 nitrogen and oxygen atoms in total. The van der Waals surface area contributed by atoms with Gasteiger partial charge in [0.25, 0.3) is 0 Å². The van der Waals surface area contributed by atoms with Crippen LogP contribution in [0.3, 0.4) is 0 Å². The topological polar surface area (TPSA) is 148 Å². The molecule has 2 aromatic rings. The molecule has 0 amide bonds. The van der Waals surface area contributed by atoms with Gasteiger partial charge in [-0.3, -0.25) is 4.55 Å². The number of aliphatic hydroxyl groups excluding tert-OH is 2. The zero-order valence-electron chi connectivity index (χ0n) is 17.3. The molecule has 1 aromatic heterocycles. The van der Waals surface area contributed by atoms with E-state index in [1.54, 1.807) is 13.0 Å². The molecule has 2 aliphatic rings. The van der Waals surface area contributed by atoms with E-state index in [0.29, 0.717) is 21.8 Å². The summed E-state index contributed by atoms with van der Waals surface area (Å²) < 4.78 is 32.8. The molecule has 0 aliphatic heterocycles. The molecular formula is C20H27N5O5S. The molecule has 31 heavy (non-hydrogen) atoms. The summed E-state index contributed by atoms with van der Waals surface area (Å²) in [7, 11) is -3.33. The Morgan fingerprint density at radius 1 is 1.10 bits per heavy atom. The molecule has 0 unspecified atom stereocenters. The second kappa shape index (κ2) is 8.32. The Morgan fingerprint density at radius 3 is 2.48 bits per heavy atom. The molecule has 0 radical (unpaired) electrons. The van der Waals surface area contributed by atoms with E-state index >= 15 is 0 Å². The fraction of sp³-hybridized carbons (Fsp3) is 0.500. The van der Waals surface area contributed by atoms with E-state index < -0.39 is 34.6 Å². The fourth-order valence-electron chi connectivity index (χ4n) is 4.47. The van der Waals surface area contributed by atoms with E-state index in [9.17, 15) is 23.2 Å². The number of aryl methyl sites for hydroxylation is 2. The fourth-order valence-corrected chi connectivity index (χ4v) is 5.03. The molecule has 1 saturated carbocycles. The van der Waals surface area contributed by atoms with Crippen molar-refractivity contribution in [2.45, 2.75) is 56.5 Å². The molecule has 11 heteroatoms. The van der Waals surface area contributed by atoms with Gasteiger partial charge in [-0.05, 0) is 37.3 Å². The second-order valence-electron chi connectivity index (χ2n) is 8.15. The molecular weight excluding hydrogens is 422 g/mol. The number of rotatable bonds is 6. The van der Waals surface area contributed by atoms with Gasteiger partial charge in [-0.15, -0.1) is 0 Å². The lowest BCUT2D eigenvalue weighted by Gasteiger charge is -2.23. The Hall–Kier alpha value is -2.31. The van der Waals surface area contributed by atoms with Gasteiger partial charge in [-0.1, -0.05) is 24.3 Å². The van der Waals surface area contributed by atoms with Crippen molar-refractivity contribution in [3.63, 3.8) is 0 Å². The monoisotopic (exact) mass is 449 g/mol. The molecule has 0 bridgehead atoms. The number of aliphatic hydroxyl groups is 2. The Balaban J connectivity index is 1.49. The number of nitrogens with one attached hydrogen (secondary N) is 2. The van der Waals surface area contributed by atoms with Gasteiger partial charge in [0.2, 0.25) is 0 Å². The van der Waals surface area contributed by atoms with E-state index in [0.717, 1.165) is 19.9 Å². The van der Waals surface area contributed by atoms with E-state index in [1.165, 1.54) is 11.1 Å². The number of benzene rings is 1. The minimum absolute atomic E-state index is 0.0977. The molecule has 1 fully saturated rings. The van der Waals surface area contributed by atoms with Crippen molar-refractivity contribution in [2.24, 2.45) is 0 Å². The predicted octanol–water partition coefficient (Wildman–Crippen LogP) is 0.894. The third-order valence-electron chi connectivity index (χ3n) is 6.11. The SMILES string of the molecule is Cc1nc(N[C@H]2CCc3ccccc32)cc(N[C@@H]2C[C@@H](N(C)S(=O)(=O)O)[C@@H](O)[C@H]2O)n1. The first-order valence-corrected chi connectivity index (χ1v) is 11.6. The summed E-state index contributed by atoms with van der Waals surface area (Å²) in [5.74, 6) is 1.61. The highest BCUT2D eigenvalue weighted by Gasteiger charge is 2.46. The zero-order valence-corrected chi connectivity index (χ0v) is 18.1. The van der Waals surface area contributed by atoms with Crippen LogP contribution in [0.5, 0.6) is 0 Å². The van der Waals surface area contributed by atoms with Gasteiger partial charge in [0.05, 0.1) is 24.2 Å². The Labute approximate surface area is 181 Å². The minimum atomic E-state index is -4.49. The second-order valence-corrected chi connectivity index (χ2v) is 9.62. The van der Waals surface area contributed by atoms with E-state index in [1.807, 2.05) is 12.1 Å². The summed E-state index contributed by atoms with van der Waals surface area (Å²) in [4.78, 5) is 8.82. The first kappa shape index (κ1) is 21.9. The van der Waals surface area contributed by atoms with Crippen LogP contribution in [0.2, 0.25) is 0 Å². The Morgan fingerprint density at radius 2 is 1.77 bits per heavy atom. The first-order valence-electron chi connectivity index (χ1n) is 10.2. The normalized spacial score (nSPS) is 28.0. The van der Waals surface area contributed by atoms with E-state index in [-0.39, 0.29) is 12.5 Å². The van der Waals surface area contributed by atoms with Gasteiger partial charge in [0, 0.05) is 13.1 Å². The number of fused-ring (bicyclic) bond motifs is 1. The van der Waals surface area contributed by atoms with Gasteiger partial charge < -0.3 is 20.8 Å². The van der Waals surface area contributed by atoms with Crippen LogP contribution in [0, 0.1) is 6.92 Å². The lowest BCUT2D eigenvalue weighted by atomic mass is 10.1. The lowest BCUT2D eigenvalue weighted by Crippen LogP contribution is -2.44. The van der Waals surface area contributed by atoms with Crippen molar-refractivity contribution in [1.82, 2.24) is 14.3 Å². The van der Waals surface area contributed by atoms with Crippen molar-refractivity contribution in [3.05, 3.63) is 47.3 Å². The summed E-state index contributed by atoms with van der Waals surface area (Å²) in [5, 5.41) is 27.2. The number of hydrogen-bond acceptors (Lipinski definition) is 8. The highest BCUT2D eigenvalue weighted by atomic mass is 32.2. The molecule has 1 heterocycles. The number of aromatic nitrogens is 2. The van der Waals surface area contributed by atoms with Crippen LogP contribution in [-0.2, 0) is 16.7 Å². The third kappa shape index (κ3) is 4.51. The standard InChI is InChI=1S/C20H27N5O5S/c1-11-21-17(23-14-8-7-12-5-3-4-6-13(12)14)10-18(22-11)24-15-9-16(20(27)19(15)26)25(2)31(28,29)30/h3-6,10,14-16,19-20,26-27H,7-9H2,1-2H3,(H,28,29,30)(H2,21,22,23,24)/t14-,15+,16+,19-,20+/m0/s1. The summed E-state index contributed by atoms with van der Waals surface area (Å²) in [5.41, 5.74) is 2.57. The quantitative estimate of drug-likeness (QED) is 0.406. The van der Waals surface area contributed by atoms with E-state index in [4.69, 9.17) is 0 Å². The number of hydrogen-bond donors (Lipinski definition) is 5. The van der Waals surface area contributed by atoms with Crippen LogP contribution in [-0.4, -0.2) is 68.8 Å². The van der Waals surface area contributed by atoms with Crippen LogP contribution in [0.15, 0.2) is 30.3 Å². The van der Waals surface area contributed by atoms with Crippen LogP contribution < -0.4 is 10.6 Å². The van der Waals surface area contributed by atoms with E-state index in [2.05, 4.69) is 32.7 Å². The molecule has 1 aromatic carbocycles. The van der Waals surface area contributed by atoms with Gasteiger partial charge in [0.15, 0.2) is 0 Å². The van der Waals surface area contributed by atoms with Gasteiger partial charge in [-0.25, -0.2) is 9.97 Å². The average molecular weight is 450 g/mol. The summed E-state index contributed by atoms with van der Waals surface area (Å²) >= 11 is 0. The molecule has 2 aliphatic carbocycles. The summed E-state index contributed by atoms with van der Waals surface area (Å²) in [6.07, 6.45) is -0.525. The van der Waals surface area contributed by atoms with Crippen LogP contribution in [0.1, 0.15) is 35.8 Å². The molecule has 0 spiro atoms. The maximum absolute atomic E-state index is 11.4. The van der Waals surface area contributed by atoms with Gasteiger partial charge in [0.1, 0.15) is 23.6 Å². The largest absolute Gasteiger partial charge is 0.389 e. The van der Waals surface area contributed by atoms with Crippen LogP contribution in [0.4, 0.5) is 11.6 Å². The molecule has 5 N–H and O–H groups in total. The molecule has 168 valence electrons. The smallest absolute Gasteiger partial charge is 0.335 e. The summed E-state index contributed by atoms with van der Waals surface area (Å²) in [6, 6.07) is 8.54.